The fourth-order valence-electron chi connectivity index (χ4n) is 2.25. The summed E-state index contributed by atoms with van der Waals surface area (Å²) in [6.07, 6.45) is 5.42. The molecule has 21 heavy (non-hydrogen) atoms. The lowest BCUT2D eigenvalue weighted by Crippen LogP contribution is -2.01. The average molecular weight is 303 g/mol. The third-order valence-corrected chi connectivity index (χ3v) is 3.44. The van der Waals surface area contributed by atoms with Crippen LogP contribution in [0.1, 0.15) is 11.1 Å². The van der Waals surface area contributed by atoms with Crippen molar-refractivity contribution in [3.05, 3.63) is 46.9 Å². The third kappa shape index (κ3) is 2.52. The highest BCUT2D eigenvalue weighted by atomic mass is 35.5. The number of hydrogen-bond donors (Lipinski definition) is 1. The zero-order valence-corrected chi connectivity index (χ0v) is 12.8. The Bertz CT molecular complexity index is 790. The Balaban J connectivity index is 2.11. The maximum absolute atomic E-state index is 6.05. The van der Waals surface area contributed by atoms with Crippen LogP contribution in [0.2, 0.25) is 5.02 Å². The Kier molecular flexibility index (Phi) is 3.43. The van der Waals surface area contributed by atoms with Gasteiger partial charge in [-0.2, -0.15) is 4.98 Å². The molecule has 6 heteroatoms. The van der Waals surface area contributed by atoms with Crippen LogP contribution in [-0.2, 0) is 0 Å². The zero-order valence-electron chi connectivity index (χ0n) is 12.0. The molecule has 108 valence electrons. The van der Waals surface area contributed by atoms with Gasteiger partial charge in [-0.25, -0.2) is 4.98 Å². The molecule has 0 aliphatic heterocycles. The summed E-state index contributed by atoms with van der Waals surface area (Å²) < 4.78 is 7.89. The number of aromatic nitrogens is 3. The van der Waals surface area contributed by atoms with Gasteiger partial charge in [0.05, 0.1) is 6.20 Å². The van der Waals surface area contributed by atoms with Crippen LogP contribution in [0.5, 0.6) is 11.6 Å². The zero-order chi connectivity index (χ0) is 15.0. The fraction of sp³-hybridized carbons (Fsp3) is 0.200. The SMILES string of the molecule is CNc1cn2ccnc2c(Oc2c(C)cc(Cl)cc2C)n1. The molecule has 0 saturated carbocycles. The van der Waals surface area contributed by atoms with Gasteiger partial charge in [-0.3, -0.25) is 4.40 Å². The first-order valence-electron chi connectivity index (χ1n) is 6.54. The summed E-state index contributed by atoms with van der Waals surface area (Å²) >= 11 is 6.05. The van der Waals surface area contributed by atoms with Gasteiger partial charge in [0.1, 0.15) is 11.6 Å². The molecule has 0 bridgehead atoms. The standard InChI is InChI=1S/C15H15ClN4O/c1-9-6-11(16)7-10(2)13(9)21-15-14-18-4-5-20(14)8-12(17-3)19-15/h4-8,17H,1-3H3. The van der Waals surface area contributed by atoms with E-state index in [4.69, 9.17) is 16.3 Å². The first-order chi connectivity index (χ1) is 10.1. The lowest BCUT2D eigenvalue weighted by Gasteiger charge is -2.13. The van der Waals surface area contributed by atoms with Gasteiger partial charge in [0, 0.05) is 24.5 Å². The van der Waals surface area contributed by atoms with Gasteiger partial charge in [0.15, 0.2) is 0 Å². The highest BCUT2D eigenvalue weighted by molar-refractivity contribution is 6.30. The van der Waals surface area contributed by atoms with Crippen LogP contribution in [0, 0.1) is 13.8 Å². The van der Waals surface area contributed by atoms with Crippen molar-refractivity contribution >= 4 is 23.1 Å². The number of benzene rings is 1. The number of anilines is 1. The average Bonchev–Trinajstić information content (AvgIpc) is 2.90. The van der Waals surface area contributed by atoms with Gasteiger partial charge in [-0.15, -0.1) is 0 Å². The molecule has 0 amide bonds. The van der Waals surface area contributed by atoms with Gasteiger partial charge in [-0.1, -0.05) is 11.6 Å². The summed E-state index contributed by atoms with van der Waals surface area (Å²) in [5.41, 5.74) is 2.59. The molecule has 0 aliphatic carbocycles. The summed E-state index contributed by atoms with van der Waals surface area (Å²) in [5, 5.41) is 3.71. The number of aryl methyl sites for hydroxylation is 2. The molecule has 3 aromatic rings. The molecule has 3 rings (SSSR count). The third-order valence-electron chi connectivity index (χ3n) is 3.22. The van der Waals surface area contributed by atoms with E-state index in [0.717, 1.165) is 16.9 Å². The number of ether oxygens (including phenoxy) is 1. The summed E-state index contributed by atoms with van der Waals surface area (Å²) in [7, 11) is 1.81. The van der Waals surface area contributed by atoms with Crippen LogP contribution in [0.25, 0.3) is 5.65 Å². The number of nitrogens with zero attached hydrogens (tertiary/aromatic N) is 3. The van der Waals surface area contributed by atoms with Crippen molar-refractivity contribution in [3.8, 4) is 11.6 Å². The van der Waals surface area contributed by atoms with E-state index >= 15 is 0 Å². The van der Waals surface area contributed by atoms with Crippen molar-refractivity contribution in [3.63, 3.8) is 0 Å². The second-order valence-electron chi connectivity index (χ2n) is 4.81. The van der Waals surface area contributed by atoms with Crippen molar-refractivity contribution in [1.82, 2.24) is 14.4 Å². The number of imidazole rings is 1. The maximum atomic E-state index is 6.05. The Hall–Kier alpha value is -2.27. The Morgan fingerprint density at radius 2 is 1.95 bits per heavy atom. The minimum absolute atomic E-state index is 0.459. The molecule has 0 aliphatic rings. The van der Waals surface area contributed by atoms with Gasteiger partial charge < -0.3 is 10.1 Å². The van der Waals surface area contributed by atoms with Gasteiger partial charge in [0.25, 0.3) is 5.88 Å². The molecule has 0 unspecified atom stereocenters. The van der Waals surface area contributed by atoms with Crippen molar-refractivity contribution in [2.75, 3.05) is 12.4 Å². The van der Waals surface area contributed by atoms with Crippen LogP contribution >= 0.6 is 11.6 Å². The largest absolute Gasteiger partial charge is 0.435 e. The van der Waals surface area contributed by atoms with Gasteiger partial charge >= 0.3 is 0 Å². The molecule has 1 N–H and O–H groups in total. The summed E-state index contributed by atoms with van der Waals surface area (Å²) in [5.74, 6) is 1.92. The smallest absolute Gasteiger partial charge is 0.265 e. The molecule has 1 aromatic carbocycles. The number of rotatable bonds is 3. The number of halogens is 1. The van der Waals surface area contributed by atoms with E-state index in [-0.39, 0.29) is 0 Å². The van der Waals surface area contributed by atoms with E-state index < -0.39 is 0 Å². The predicted octanol–water partition coefficient (Wildman–Crippen LogP) is 3.83. The van der Waals surface area contributed by atoms with Crippen molar-refractivity contribution in [2.24, 2.45) is 0 Å². The van der Waals surface area contributed by atoms with Crippen LogP contribution < -0.4 is 10.1 Å². The minimum Gasteiger partial charge on any atom is -0.435 e. The molecule has 5 nitrogen and oxygen atoms in total. The number of fused-ring (bicyclic) bond motifs is 1. The molecule has 0 saturated heterocycles. The van der Waals surface area contributed by atoms with E-state index in [2.05, 4.69) is 15.3 Å². The van der Waals surface area contributed by atoms with Crippen molar-refractivity contribution in [2.45, 2.75) is 13.8 Å². The first-order valence-corrected chi connectivity index (χ1v) is 6.92. The Morgan fingerprint density at radius 3 is 2.62 bits per heavy atom. The normalized spacial score (nSPS) is 10.9. The highest BCUT2D eigenvalue weighted by Gasteiger charge is 2.13. The molecular formula is C15H15ClN4O. The Morgan fingerprint density at radius 1 is 1.24 bits per heavy atom. The predicted molar refractivity (Wildman–Crippen MR) is 83.5 cm³/mol. The molecular weight excluding hydrogens is 288 g/mol. The van der Waals surface area contributed by atoms with E-state index in [0.29, 0.717) is 22.4 Å². The van der Waals surface area contributed by atoms with Crippen LogP contribution in [0.4, 0.5) is 5.82 Å². The molecule has 0 atom stereocenters. The lowest BCUT2D eigenvalue weighted by atomic mass is 10.1. The molecule has 2 heterocycles. The van der Waals surface area contributed by atoms with Crippen molar-refractivity contribution in [1.29, 1.82) is 0 Å². The monoisotopic (exact) mass is 302 g/mol. The molecule has 0 radical (unpaired) electrons. The summed E-state index contributed by atoms with van der Waals surface area (Å²) in [4.78, 5) is 8.73. The van der Waals surface area contributed by atoms with E-state index in [1.807, 2.05) is 49.8 Å². The topological polar surface area (TPSA) is 51.5 Å². The second-order valence-corrected chi connectivity index (χ2v) is 5.25. The van der Waals surface area contributed by atoms with Crippen LogP contribution in [0.3, 0.4) is 0 Å². The van der Waals surface area contributed by atoms with Crippen LogP contribution in [-0.4, -0.2) is 21.4 Å². The molecule has 0 spiro atoms. The molecule has 2 aromatic heterocycles. The molecule has 0 fully saturated rings. The second kappa shape index (κ2) is 5.26. The first kappa shape index (κ1) is 13.7. The van der Waals surface area contributed by atoms with E-state index in [1.54, 1.807) is 6.20 Å². The number of hydrogen-bond acceptors (Lipinski definition) is 4. The van der Waals surface area contributed by atoms with E-state index in [9.17, 15) is 0 Å². The summed E-state index contributed by atoms with van der Waals surface area (Å²) in [6, 6.07) is 3.74. The van der Waals surface area contributed by atoms with Gasteiger partial charge in [-0.05, 0) is 37.1 Å². The van der Waals surface area contributed by atoms with Crippen LogP contribution in [0.15, 0.2) is 30.7 Å². The fourth-order valence-corrected chi connectivity index (χ4v) is 2.57. The maximum Gasteiger partial charge on any atom is 0.265 e. The summed E-state index contributed by atoms with van der Waals surface area (Å²) in [6.45, 7) is 3.91. The minimum atomic E-state index is 0.459. The number of nitrogens with one attached hydrogen (secondary N) is 1. The van der Waals surface area contributed by atoms with Gasteiger partial charge in [0.2, 0.25) is 5.65 Å². The lowest BCUT2D eigenvalue weighted by molar-refractivity contribution is 0.459. The quantitative estimate of drug-likeness (QED) is 0.799. The van der Waals surface area contributed by atoms with Crippen molar-refractivity contribution < 1.29 is 4.74 Å². The highest BCUT2D eigenvalue weighted by Crippen LogP contribution is 2.32. The van der Waals surface area contributed by atoms with E-state index in [1.165, 1.54) is 0 Å². The Labute approximate surface area is 127 Å².